The Balaban J connectivity index is -0.000000108. The Bertz CT molecular complexity index is 455. The van der Waals surface area contributed by atoms with Crippen molar-refractivity contribution in [2.45, 2.75) is 20.8 Å². The number of rotatable bonds is 6. The standard InChI is InChI=1S/3C2H6O4S.La/c3*1-2-6-7(3,4)5;/h3*2H2,1H3,(H,3,4,5);. The Morgan fingerprint density at radius 3 is 0.727 bits per heavy atom. The Morgan fingerprint density at radius 2 is 0.727 bits per heavy atom. The minimum atomic E-state index is -4.17. The van der Waals surface area contributed by atoms with Crippen molar-refractivity contribution in [1.29, 1.82) is 0 Å². The van der Waals surface area contributed by atoms with Gasteiger partial charge in [-0.25, -0.2) is 12.5 Å². The summed E-state index contributed by atoms with van der Waals surface area (Å²) in [5.74, 6) is 0. The van der Waals surface area contributed by atoms with Gasteiger partial charge in [-0.2, -0.15) is 25.3 Å². The molecule has 0 aliphatic carbocycles. The molecule has 0 saturated heterocycles. The third-order valence-corrected chi connectivity index (χ3v) is 2.40. The van der Waals surface area contributed by atoms with Crippen molar-refractivity contribution in [2.75, 3.05) is 19.8 Å². The predicted molar refractivity (Wildman–Crippen MR) is 69.5 cm³/mol. The van der Waals surface area contributed by atoms with Gasteiger partial charge in [0, 0.05) is 35.6 Å². The zero-order valence-electron chi connectivity index (χ0n) is 11.9. The molecule has 12 nitrogen and oxygen atoms in total. The molecule has 0 aromatic heterocycles. The molecule has 0 aliphatic rings. The van der Waals surface area contributed by atoms with Gasteiger partial charge < -0.3 is 0 Å². The van der Waals surface area contributed by atoms with Crippen molar-refractivity contribution in [2.24, 2.45) is 0 Å². The maximum atomic E-state index is 9.56. The largest absolute Gasteiger partial charge is 0.397 e. The molecule has 3 N–H and O–H groups in total. The third-order valence-electron chi connectivity index (χ3n) is 0.800. The zero-order valence-corrected chi connectivity index (χ0v) is 18.0. The molecule has 22 heavy (non-hydrogen) atoms. The van der Waals surface area contributed by atoms with E-state index in [0.29, 0.717) is 0 Å². The molecule has 0 atom stereocenters. The van der Waals surface area contributed by atoms with Crippen LogP contribution in [0.3, 0.4) is 0 Å². The van der Waals surface area contributed by atoms with Gasteiger partial charge in [0.1, 0.15) is 0 Å². The fourth-order valence-electron chi connectivity index (χ4n) is 0.447. The Labute approximate surface area is 158 Å². The summed E-state index contributed by atoms with van der Waals surface area (Å²) in [6, 6.07) is 0. The Morgan fingerprint density at radius 1 is 0.591 bits per heavy atom. The van der Waals surface area contributed by atoms with E-state index in [0.717, 1.165) is 0 Å². The first kappa shape index (κ1) is 30.7. The fraction of sp³-hybridized carbons (Fsp3) is 1.00. The van der Waals surface area contributed by atoms with Gasteiger partial charge in [0.05, 0.1) is 19.8 Å². The van der Waals surface area contributed by atoms with Gasteiger partial charge in [-0.15, -0.1) is 0 Å². The van der Waals surface area contributed by atoms with E-state index in [2.05, 4.69) is 12.5 Å². The van der Waals surface area contributed by atoms with Crippen LogP contribution in [-0.2, 0) is 43.7 Å². The van der Waals surface area contributed by atoms with Gasteiger partial charge in [-0.3, -0.25) is 13.7 Å². The first-order valence-electron chi connectivity index (χ1n) is 5.04. The maximum absolute atomic E-state index is 9.56. The molecule has 0 unspecified atom stereocenters. The van der Waals surface area contributed by atoms with Crippen molar-refractivity contribution in [3.8, 4) is 0 Å². The van der Waals surface area contributed by atoms with Crippen molar-refractivity contribution in [1.82, 2.24) is 0 Å². The quantitative estimate of drug-likeness (QED) is 0.383. The second kappa shape index (κ2) is 15.3. The van der Waals surface area contributed by atoms with Crippen molar-refractivity contribution in [3.63, 3.8) is 0 Å². The van der Waals surface area contributed by atoms with E-state index in [4.69, 9.17) is 13.7 Å². The molecule has 0 fully saturated rings. The third kappa shape index (κ3) is 49.8. The van der Waals surface area contributed by atoms with E-state index in [1.807, 2.05) is 0 Å². The van der Waals surface area contributed by atoms with Crippen molar-refractivity contribution in [3.05, 3.63) is 0 Å². The number of hydrogen-bond acceptors (Lipinski definition) is 9. The van der Waals surface area contributed by atoms with Crippen LogP contribution in [0, 0.1) is 35.6 Å². The average Bonchev–Trinajstić information content (AvgIpc) is 2.12. The maximum Gasteiger partial charge on any atom is 0.397 e. The van der Waals surface area contributed by atoms with Crippen molar-refractivity contribution < 1.29 is 87.1 Å². The first-order chi connectivity index (χ1) is 9.18. The monoisotopic (exact) mass is 517 g/mol. The molecule has 0 bridgehead atoms. The molecule has 0 heterocycles. The van der Waals surface area contributed by atoms with Crippen LogP contribution < -0.4 is 0 Å². The van der Waals surface area contributed by atoms with Gasteiger partial charge in [0.15, 0.2) is 0 Å². The molecule has 135 valence electrons. The summed E-state index contributed by atoms with van der Waals surface area (Å²) in [6.07, 6.45) is 0. The molecule has 0 aliphatic heterocycles. The van der Waals surface area contributed by atoms with E-state index >= 15 is 0 Å². The molecular weight excluding hydrogens is 499 g/mol. The Hall–Kier alpha value is 0.805. The van der Waals surface area contributed by atoms with Crippen LogP contribution in [0.25, 0.3) is 0 Å². The summed E-state index contributed by atoms with van der Waals surface area (Å²) >= 11 is 0. The SMILES string of the molecule is CCOS(=O)(=O)O.CCOS(=O)(=O)O.CCOS(=O)(=O)O.[La]. The Kier molecular flexibility index (Phi) is 21.4. The van der Waals surface area contributed by atoms with Crippen LogP contribution in [0.5, 0.6) is 0 Å². The van der Waals surface area contributed by atoms with Gasteiger partial charge in [-0.05, 0) is 20.8 Å². The van der Waals surface area contributed by atoms with Crippen LogP contribution >= 0.6 is 0 Å². The van der Waals surface area contributed by atoms with Crippen LogP contribution in [0.1, 0.15) is 20.8 Å². The normalized spacial score (nSPS) is 11.2. The van der Waals surface area contributed by atoms with Gasteiger partial charge in [0.2, 0.25) is 0 Å². The molecular formula is C6H18LaO12S3. The summed E-state index contributed by atoms with van der Waals surface area (Å²) in [6.45, 7) is 4.31. The average molecular weight is 517 g/mol. The second-order valence-electron chi connectivity index (χ2n) is 2.50. The summed E-state index contributed by atoms with van der Waals surface area (Å²) in [5.41, 5.74) is 0. The molecule has 0 amide bonds. The zero-order chi connectivity index (χ0) is 17.7. The molecule has 0 aromatic rings. The fourth-order valence-corrected chi connectivity index (χ4v) is 1.34. The van der Waals surface area contributed by atoms with Gasteiger partial charge in [0.25, 0.3) is 0 Å². The summed E-state index contributed by atoms with van der Waals surface area (Å²) in [4.78, 5) is 0. The van der Waals surface area contributed by atoms with Crippen LogP contribution in [0.2, 0.25) is 0 Å². The van der Waals surface area contributed by atoms with Crippen LogP contribution in [0.4, 0.5) is 0 Å². The summed E-state index contributed by atoms with van der Waals surface area (Å²) in [5, 5.41) is 0. The molecule has 1 radical (unpaired) electrons. The van der Waals surface area contributed by atoms with E-state index in [9.17, 15) is 25.3 Å². The number of hydrogen-bond donors (Lipinski definition) is 3. The van der Waals surface area contributed by atoms with E-state index < -0.39 is 31.2 Å². The molecule has 0 spiro atoms. The first-order valence-corrected chi connectivity index (χ1v) is 9.13. The second-order valence-corrected chi connectivity index (χ2v) is 5.78. The molecule has 16 heteroatoms. The topological polar surface area (TPSA) is 191 Å². The van der Waals surface area contributed by atoms with E-state index in [1.165, 1.54) is 20.8 Å². The van der Waals surface area contributed by atoms with E-state index in [-0.39, 0.29) is 55.4 Å². The molecule has 0 saturated carbocycles. The molecule has 0 rings (SSSR count). The predicted octanol–water partition coefficient (Wildman–Crippen LogP) is -0.523. The minimum absolute atomic E-state index is 0. The van der Waals surface area contributed by atoms with Crippen LogP contribution in [-0.4, -0.2) is 58.7 Å². The summed E-state index contributed by atoms with van der Waals surface area (Å²) < 4.78 is 92.0. The van der Waals surface area contributed by atoms with Gasteiger partial charge in [-0.1, -0.05) is 0 Å². The van der Waals surface area contributed by atoms with Crippen LogP contribution in [0.15, 0.2) is 0 Å². The summed E-state index contributed by atoms with van der Waals surface area (Å²) in [7, 11) is -12.5. The van der Waals surface area contributed by atoms with Gasteiger partial charge >= 0.3 is 31.2 Å². The van der Waals surface area contributed by atoms with Crippen molar-refractivity contribution >= 4 is 31.2 Å². The molecule has 0 aromatic carbocycles. The van der Waals surface area contributed by atoms with E-state index in [1.54, 1.807) is 0 Å². The smallest absolute Gasteiger partial charge is 0.264 e. The minimum Gasteiger partial charge on any atom is -0.264 e.